The zero-order chi connectivity index (χ0) is 18.4. The largest absolute Gasteiger partial charge is 0.457 e. The quantitative estimate of drug-likeness (QED) is 0.669. The van der Waals surface area contributed by atoms with E-state index in [1.165, 1.54) is 12.1 Å². The summed E-state index contributed by atoms with van der Waals surface area (Å²) in [6, 6.07) is 22.7. The van der Waals surface area contributed by atoms with E-state index in [2.05, 4.69) is 4.72 Å². The van der Waals surface area contributed by atoms with E-state index in [1.807, 2.05) is 36.4 Å². The van der Waals surface area contributed by atoms with Crippen molar-refractivity contribution in [1.82, 2.24) is 0 Å². The number of benzene rings is 3. The van der Waals surface area contributed by atoms with Crippen LogP contribution in [-0.4, -0.2) is 15.5 Å². The Morgan fingerprint density at radius 3 is 2.23 bits per heavy atom. The maximum atomic E-state index is 12.6. The number of ether oxygens (including phenoxy) is 2. The van der Waals surface area contributed by atoms with Crippen molar-refractivity contribution in [2.75, 3.05) is 11.8 Å². The first kappa shape index (κ1) is 18.0. The first-order valence-corrected chi connectivity index (χ1v) is 9.49. The zero-order valence-corrected chi connectivity index (χ0v) is 15.1. The van der Waals surface area contributed by atoms with Crippen LogP contribution in [0.15, 0.2) is 83.8 Å². The standard InChI is InChI=1S/C20H19NO4S/c1-24-15-16-6-5-7-17(14-16)21-26(22,23)20-12-10-19(11-13-20)25-18-8-3-2-4-9-18/h2-14,21H,15H2,1H3. The van der Waals surface area contributed by atoms with Gasteiger partial charge in [-0.2, -0.15) is 0 Å². The number of sulfonamides is 1. The first-order chi connectivity index (χ1) is 12.6. The molecule has 3 aromatic rings. The number of rotatable bonds is 7. The maximum absolute atomic E-state index is 12.6. The maximum Gasteiger partial charge on any atom is 0.261 e. The summed E-state index contributed by atoms with van der Waals surface area (Å²) in [6.45, 7) is 0.418. The highest BCUT2D eigenvalue weighted by Crippen LogP contribution is 2.24. The highest BCUT2D eigenvalue weighted by Gasteiger charge is 2.14. The van der Waals surface area contributed by atoms with E-state index in [4.69, 9.17) is 9.47 Å². The van der Waals surface area contributed by atoms with Gasteiger partial charge in [0.25, 0.3) is 10.0 Å². The summed E-state index contributed by atoms with van der Waals surface area (Å²) in [6.07, 6.45) is 0. The average Bonchev–Trinajstić information content (AvgIpc) is 2.63. The molecule has 6 heteroatoms. The van der Waals surface area contributed by atoms with Crippen molar-refractivity contribution >= 4 is 15.7 Å². The van der Waals surface area contributed by atoms with Gasteiger partial charge >= 0.3 is 0 Å². The highest BCUT2D eigenvalue weighted by molar-refractivity contribution is 7.92. The normalized spacial score (nSPS) is 11.1. The predicted molar refractivity (Wildman–Crippen MR) is 101 cm³/mol. The van der Waals surface area contributed by atoms with Crippen LogP contribution in [0.5, 0.6) is 11.5 Å². The third-order valence-electron chi connectivity index (χ3n) is 3.60. The molecule has 0 aliphatic rings. The van der Waals surface area contributed by atoms with Gasteiger partial charge in [-0.05, 0) is 54.1 Å². The van der Waals surface area contributed by atoms with Gasteiger partial charge < -0.3 is 9.47 Å². The second-order valence-corrected chi connectivity index (χ2v) is 7.31. The van der Waals surface area contributed by atoms with Crippen LogP contribution in [0.4, 0.5) is 5.69 Å². The molecule has 0 bridgehead atoms. The van der Waals surface area contributed by atoms with E-state index in [1.54, 1.807) is 37.4 Å². The molecule has 0 spiro atoms. The van der Waals surface area contributed by atoms with E-state index in [0.29, 0.717) is 23.8 Å². The van der Waals surface area contributed by atoms with Crippen LogP contribution in [0.25, 0.3) is 0 Å². The van der Waals surface area contributed by atoms with Crippen LogP contribution in [0.3, 0.4) is 0 Å². The van der Waals surface area contributed by atoms with E-state index in [-0.39, 0.29) is 4.90 Å². The van der Waals surface area contributed by atoms with Gasteiger partial charge in [-0.3, -0.25) is 4.72 Å². The molecule has 3 rings (SSSR count). The first-order valence-electron chi connectivity index (χ1n) is 8.00. The van der Waals surface area contributed by atoms with Gasteiger partial charge in [-0.25, -0.2) is 8.42 Å². The van der Waals surface area contributed by atoms with Gasteiger partial charge in [0.1, 0.15) is 11.5 Å². The minimum atomic E-state index is -3.68. The molecule has 5 nitrogen and oxygen atoms in total. The second-order valence-electron chi connectivity index (χ2n) is 5.63. The van der Waals surface area contributed by atoms with Crippen LogP contribution < -0.4 is 9.46 Å². The molecule has 3 aromatic carbocycles. The summed E-state index contributed by atoms with van der Waals surface area (Å²) in [5.41, 5.74) is 1.38. The molecular formula is C20H19NO4S. The zero-order valence-electron chi connectivity index (χ0n) is 14.3. The molecule has 26 heavy (non-hydrogen) atoms. The third-order valence-corrected chi connectivity index (χ3v) is 5.00. The summed E-state index contributed by atoms with van der Waals surface area (Å²) in [5.74, 6) is 1.26. The fourth-order valence-corrected chi connectivity index (χ4v) is 3.47. The summed E-state index contributed by atoms with van der Waals surface area (Å²) < 4.78 is 38.4. The Hall–Kier alpha value is -2.83. The number of hydrogen-bond acceptors (Lipinski definition) is 4. The number of para-hydroxylation sites is 1. The van der Waals surface area contributed by atoms with Crippen LogP contribution in [0.2, 0.25) is 0 Å². The van der Waals surface area contributed by atoms with Crippen molar-refractivity contribution in [3.05, 3.63) is 84.4 Å². The van der Waals surface area contributed by atoms with Gasteiger partial charge in [0.05, 0.1) is 11.5 Å². The Morgan fingerprint density at radius 2 is 1.54 bits per heavy atom. The number of nitrogens with one attached hydrogen (secondary N) is 1. The fourth-order valence-electron chi connectivity index (χ4n) is 2.42. The number of methoxy groups -OCH3 is 1. The lowest BCUT2D eigenvalue weighted by molar-refractivity contribution is 0.185. The molecule has 0 radical (unpaired) electrons. The molecule has 0 fully saturated rings. The molecule has 0 aromatic heterocycles. The average molecular weight is 369 g/mol. The van der Waals surface area contributed by atoms with Crippen LogP contribution in [0.1, 0.15) is 5.56 Å². The summed E-state index contributed by atoms with van der Waals surface area (Å²) >= 11 is 0. The van der Waals surface area contributed by atoms with E-state index >= 15 is 0 Å². The Kier molecular flexibility index (Phi) is 5.55. The SMILES string of the molecule is COCc1cccc(NS(=O)(=O)c2ccc(Oc3ccccc3)cc2)c1. The molecular weight excluding hydrogens is 350 g/mol. The van der Waals surface area contributed by atoms with Crippen molar-refractivity contribution in [2.45, 2.75) is 11.5 Å². The van der Waals surface area contributed by atoms with Crippen LogP contribution in [-0.2, 0) is 21.4 Å². The molecule has 0 atom stereocenters. The summed E-state index contributed by atoms with van der Waals surface area (Å²) in [5, 5.41) is 0. The van der Waals surface area contributed by atoms with Crippen molar-refractivity contribution in [2.24, 2.45) is 0 Å². The van der Waals surface area contributed by atoms with Gasteiger partial charge in [0, 0.05) is 12.8 Å². The lowest BCUT2D eigenvalue weighted by Gasteiger charge is -2.10. The van der Waals surface area contributed by atoms with E-state index in [0.717, 1.165) is 5.56 Å². The van der Waals surface area contributed by atoms with Crippen LogP contribution in [0, 0.1) is 0 Å². The van der Waals surface area contributed by atoms with E-state index < -0.39 is 10.0 Å². The van der Waals surface area contributed by atoms with Gasteiger partial charge in [-0.1, -0.05) is 30.3 Å². The molecule has 0 heterocycles. The Labute approximate surface area is 153 Å². The molecule has 1 N–H and O–H groups in total. The lowest BCUT2D eigenvalue weighted by atomic mass is 10.2. The Bertz CT molecular complexity index is 955. The van der Waals surface area contributed by atoms with Gasteiger partial charge in [0.2, 0.25) is 0 Å². The summed E-state index contributed by atoms with van der Waals surface area (Å²) in [4.78, 5) is 0.162. The summed E-state index contributed by atoms with van der Waals surface area (Å²) in [7, 11) is -2.09. The fraction of sp³-hybridized carbons (Fsp3) is 0.100. The Balaban J connectivity index is 1.74. The van der Waals surface area contributed by atoms with Crippen molar-refractivity contribution in [3.8, 4) is 11.5 Å². The number of hydrogen-bond donors (Lipinski definition) is 1. The predicted octanol–water partition coefficient (Wildman–Crippen LogP) is 4.43. The Morgan fingerprint density at radius 1 is 0.846 bits per heavy atom. The number of anilines is 1. The smallest absolute Gasteiger partial charge is 0.261 e. The molecule has 0 unspecified atom stereocenters. The molecule has 134 valence electrons. The molecule has 0 saturated heterocycles. The van der Waals surface area contributed by atoms with Crippen LogP contribution >= 0.6 is 0 Å². The molecule has 0 amide bonds. The van der Waals surface area contributed by atoms with Gasteiger partial charge in [-0.15, -0.1) is 0 Å². The van der Waals surface area contributed by atoms with E-state index in [9.17, 15) is 8.42 Å². The molecule has 0 aliphatic carbocycles. The van der Waals surface area contributed by atoms with Crippen molar-refractivity contribution < 1.29 is 17.9 Å². The van der Waals surface area contributed by atoms with Gasteiger partial charge in [0.15, 0.2) is 0 Å². The topological polar surface area (TPSA) is 64.6 Å². The minimum absolute atomic E-state index is 0.162. The van der Waals surface area contributed by atoms with Crippen molar-refractivity contribution in [1.29, 1.82) is 0 Å². The lowest BCUT2D eigenvalue weighted by Crippen LogP contribution is -2.13. The monoisotopic (exact) mass is 369 g/mol. The second kappa shape index (κ2) is 8.03. The third kappa shape index (κ3) is 4.62. The molecule has 0 aliphatic heterocycles. The highest BCUT2D eigenvalue weighted by atomic mass is 32.2. The van der Waals surface area contributed by atoms with Crippen molar-refractivity contribution in [3.63, 3.8) is 0 Å². The molecule has 0 saturated carbocycles. The minimum Gasteiger partial charge on any atom is -0.457 e.